The number of carbonyl (C=O) groups excluding carboxylic acids is 2. The molecular formula is C20H17N3O4. The number of benzene rings is 3. The van der Waals surface area contributed by atoms with Gasteiger partial charge in [-0.3, -0.25) is 19.7 Å². The maximum Gasteiger partial charge on any atom is 0.270 e. The lowest BCUT2D eigenvalue weighted by Gasteiger charge is -2.17. The minimum absolute atomic E-state index is 0.0911. The van der Waals surface area contributed by atoms with E-state index in [9.17, 15) is 19.7 Å². The molecule has 3 rings (SSSR count). The van der Waals surface area contributed by atoms with Crippen LogP contribution >= 0.6 is 0 Å². The Hall–Kier alpha value is -3.74. The lowest BCUT2D eigenvalue weighted by Crippen LogP contribution is -2.45. The number of nitro groups is 1. The van der Waals surface area contributed by atoms with Crippen LogP contribution < -0.4 is 11.1 Å². The van der Waals surface area contributed by atoms with Gasteiger partial charge in [0, 0.05) is 24.1 Å². The third-order valence-electron chi connectivity index (χ3n) is 4.27. The second-order valence-corrected chi connectivity index (χ2v) is 6.08. The fourth-order valence-corrected chi connectivity index (χ4v) is 2.92. The molecule has 0 unspecified atom stereocenters. The summed E-state index contributed by atoms with van der Waals surface area (Å²) < 4.78 is 0. The fourth-order valence-electron chi connectivity index (χ4n) is 2.92. The summed E-state index contributed by atoms with van der Waals surface area (Å²) in [6, 6.07) is 17.8. The van der Waals surface area contributed by atoms with Crippen molar-refractivity contribution in [1.29, 1.82) is 0 Å². The lowest BCUT2D eigenvalue weighted by molar-refractivity contribution is -0.384. The van der Waals surface area contributed by atoms with E-state index in [0.717, 1.165) is 22.4 Å². The number of amides is 2. The number of fused-ring (bicyclic) bond motifs is 1. The standard InChI is InChI=1S/C20H17N3O4/c21-19(24)18(12-14-7-3-6-13-5-1-2-10-17(13)14)22-20(25)15-8-4-9-16(11-15)23(26)27/h1-11,18H,12H2,(H2,21,24)(H,22,25)/t18-/m1/s1. The van der Waals surface area contributed by atoms with Crippen LogP contribution in [0.4, 0.5) is 5.69 Å². The molecule has 0 saturated carbocycles. The van der Waals surface area contributed by atoms with E-state index >= 15 is 0 Å². The summed E-state index contributed by atoms with van der Waals surface area (Å²) in [5, 5.41) is 15.4. The maximum atomic E-state index is 12.4. The molecule has 3 aromatic rings. The number of carbonyl (C=O) groups is 2. The summed E-state index contributed by atoms with van der Waals surface area (Å²) in [5.41, 5.74) is 6.23. The molecule has 27 heavy (non-hydrogen) atoms. The quantitative estimate of drug-likeness (QED) is 0.517. The molecule has 3 N–H and O–H groups in total. The van der Waals surface area contributed by atoms with Gasteiger partial charge in [-0.15, -0.1) is 0 Å². The van der Waals surface area contributed by atoms with E-state index in [0.29, 0.717) is 0 Å². The summed E-state index contributed by atoms with van der Waals surface area (Å²) >= 11 is 0. The number of nitrogens with zero attached hydrogens (tertiary/aromatic N) is 1. The number of non-ortho nitro benzene ring substituents is 1. The molecule has 0 aromatic heterocycles. The first kappa shape index (κ1) is 18.1. The predicted molar refractivity (Wildman–Crippen MR) is 101 cm³/mol. The first-order chi connectivity index (χ1) is 13.0. The number of nitrogens with two attached hydrogens (primary N) is 1. The number of nitro benzene ring substituents is 1. The fraction of sp³-hybridized carbons (Fsp3) is 0.100. The van der Waals surface area contributed by atoms with Crippen molar-refractivity contribution >= 4 is 28.3 Å². The van der Waals surface area contributed by atoms with Gasteiger partial charge in [0.15, 0.2) is 0 Å². The number of hydrogen-bond donors (Lipinski definition) is 2. The summed E-state index contributed by atoms with van der Waals surface area (Å²) in [6.45, 7) is 0. The Kier molecular flexibility index (Phi) is 5.12. The molecule has 0 saturated heterocycles. The Morgan fingerprint density at radius 2 is 1.74 bits per heavy atom. The monoisotopic (exact) mass is 363 g/mol. The first-order valence-corrected chi connectivity index (χ1v) is 8.27. The Balaban J connectivity index is 1.84. The highest BCUT2D eigenvalue weighted by atomic mass is 16.6. The zero-order valence-electron chi connectivity index (χ0n) is 14.3. The molecule has 0 fully saturated rings. The van der Waals surface area contributed by atoms with Crippen molar-refractivity contribution in [3.8, 4) is 0 Å². The average molecular weight is 363 g/mol. The van der Waals surface area contributed by atoms with E-state index in [4.69, 9.17) is 5.73 Å². The molecule has 7 heteroatoms. The van der Waals surface area contributed by atoms with Crippen molar-refractivity contribution in [3.63, 3.8) is 0 Å². The predicted octanol–water partition coefficient (Wildman–Crippen LogP) is 2.57. The molecule has 0 bridgehead atoms. The molecular weight excluding hydrogens is 346 g/mol. The molecule has 0 aliphatic carbocycles. The SMILES string of the molecule is NC(=O)[C@@H](Cc1cccc2ccccc12)NC(=O)c1cccc([N+](=O)[O-])c1. The largest absolute Gasteiger partial charge is 0.368 e. The normalized spacial score (nSPS) is 11.7. The Morgan fingerprint density at radius 1 is 1.04 bits per heavy atom. The van der Waals surface area contributed by atoms with E-state index in [1.54, 1.807) is 0 Å². The average Bonchev–Trinajstić information content (AvgIpc) is 2.67. The van der Waals surface area contributed by atoms with Crippen molar-refractivity contribution in [2.45, 2.75) is 12.5 Å². The van der Waals surface area contributed by atoms with Gasteiger partial charge in [0.1, 0.15) is 6.04 Å². The van der Waals surface area contributed by atoms with Crippen LogP contribution in [0.25, 0.3) is 10.8 Å². The zero-order valence-corrected chi connectivity index (χ0v) is 14.3. The molecule has 2 amide bonds. The molecule has 0 aliphatic rings. The van der Waals surface area contributed by atoms with Gasteiger partial charge in [-0.05, 0) is 22.4 Å². The van der Waals surface area contributed by atoms with E-state index in [1.807, 2.05) is 42.5 Å². The van der Waals surface area contributed by atoms with Crippen LogP contribution in [0.1, 0.15) is 15.9 Å². The van der Waals surface area contributed by atoms with Crippen LogP contribution in [0.15, 0.2) is 66.7 Å². The van der Waals surface area contributed by atoms with E-state index in [-0.39, 0.29) is 17.7 Å². The highest BCUT2D eigenvalue weighted by Crippen LogP contribution is 2.20. The first-order valence-electron chi connectivity index (χ1n) is 8.27. The van der Waals surface area contributed by atoms with Crippen molar-refractivity contribution in [2.75, 3.05) is 0 Å². The molecule has 0 spiro atoms. The molecule has 0 heterocycles. The molecule has 0 aliphatic heterocycles. The van der Waals surface area contributed by atoms with Gasteiger partial charge in [-0.1, -0.05) is 48.5 Å². The van der Waals surface area contributed by atoms with Gasteiger partial charge in [0.25, 0.3) is 11.6 Å². The highest BCUT2D eigenvalue weighted by molar-refractivity contribution is 5.98. The Labute approximate surface area is 154 Å². The van der Waals surface area contributed by atoms with Gasteiger partial charge >= 0.3 is 0 Å². The van der Waals surface area contributed by atoms with Gasteiger partial charge in [0.2, 0.25) is 5.91 Å². The Bertz CT molecular complexity index is 1030. The van der Waals surface area contributed by atoms with Crippen molar-refractivity contribution in [3.05, 3.63) is 88.0 Å². The zero-order chi connectivity index (χ0) is 19.4. The Morgan fingerprint density at radius 3 is 2.48 bits per heavy atom. The number of nitrogens with one attached hydrogen (secondary N) is 1. The van der Waals surface area contributed by atoms with Crippen LogP contribution in [-0.2, 0) is 11.2 Å². The number of rotatable bonds is 6. The molecule has 0 radical (unpaired) electrons. The highest BCUT2D eigenvalue weighted by Gasteiger charge is 2.21. The van der Waals surface area contributed by atoms with E-state index in [1.165, 1.54) is 18.2 Å². The summed E-state index contributed by atoms with van der Waals surface area (Å²) in [7, 11) is 0. The minimum Gasteiger partial charge on any atom is -0.368 e. The lowest BCUT2D eigenvalue weighted by atomic mass is 9.98. The van der Waals surface area contributed by atoms with E-state index in [2.05, 4.69) is 5.32 Å². The smallest absolute Gasteiger partial charge is 0.270 e. The van der Waals surface area contributed by atoms with Gasteiger partial charge in [0.05, 0.1) is 4.92 Å². The van der Waals surface area contributed by atoms with Crippen LogP contribution in [0.3, 0.4) is 0 Å². The van der Waals surface area contributed by atoms with Gasteiger partial charge in [-0.25, -0.2) is 0 Å². The van der Waals surface area contributed by atoms with Crippen molar-refractivity contribution in [1.82, 2.24) is 5.32 Å². The topological polar surface area (TPSA) is 115 Å². The number of hydrogen-bond acceptors (Lipinski definition) is 4. The summed E-state index contributed by atoms with van der Waals surface area (Å²) in [6.07, 6.45) is 0.220. The van der Waals surface area contributed by atoms with E-state index < -0.39 is 22.8 Å². The third kappa shape index (κ3) is 4.09. The van der Waals surface area contributed by atoms with Crippen LogP contribution in [0.5, 0.6) is 0 Å². The summed E-state index contributed by atoms with van der Waals surface area (Å²) in [5.74, 6) is -1.27. The van der Waals surface area contributed by atoms with Gasteiger partial charge < -0.3 is 11.1 Å². The molecule has 7 nitrogen and oxygen atoms in total. The van der Waals surface area contributed by atoms with Crippen LogP contribution in [0, 0.1) is 10.1 Å². The summed E-state index contributed by atoms with van der Waals surface area (Å²) in [4.78, 5) is 34.6. The van der Waals surface area contributed by atoms with Crippen molar-refractivity contribution < 1.29 is 14.5 Å². The molecule has 136 valence electrons. The molecule has 1 atom stereocenters. The maximum absolute atomic E-state index is 12.4. The second-order valence-electron chi connectivity index (χ2n) is 6.08. The van der Waals surface area contributed by atoms with Crippen molar-refractivity contribution in [2.24, 2.45) is 5.73 Å². The molecule has 3 aromatic carbocycles. The third-order valence-corrected chi connectivity index (χ3v) is 4.27. The van der Waals surface area contributed by atoms with Crippen LogP contribution in [0.2, 0.25) is 0 Å². The number of primary amides is 1. The van der Waals surface area contributed by atoms with Gasteiger partial charge in [-0.2, -0.15) is 0 Å². The van der Waals surface area contributed by atoms with Crippen LogP contribution in [-0.4, -0.2) is 22.8 Å². The minimum atomic E-state index is -0.942. The second kappa shape index (κ2) is 7.65.